The van der Waals surface area contributed by atoms with Gasteiger partial charge in [0.25, 0.3) is 5.91 Å². The summed E-state index contributed by atoms with van der Waals surface area (Å²) < 4.78 is 16.2. The zero-order valence-corrected chi connectivity index (χ0v) is 16.4. The van der Waals surface area contributed by atoms with Crippen LogP contribution in [-0.4, -0.2) is 43.0 Å². The molecule has 1 amide bonds. The van der Waals surface area contributed by atoms with Crippen molar-refractivity contribution < 1.29 is 28.9 Å². The summed E-state index contributed by atoms with van der Waals surface area (Å²) in [6.07, 6.45) is 2.34. The molecule has 0 heterocycles. The molecule has 0 aliphatic rings. The van der Waals surface area contributed by atoms with E-state index in [1.165, 1.54) is 6.21 Å². The van der Waals surface area contributed by atoms with E-state index in [0.29, 0.717) is 41.6 Å². The quantitative estimate of drug-likeness (QED) is 0.443. The van der Waals surface area contributed by atoms with Crippen molar-refractivity contribution in [3.05, 3.63) is 53.6 Å². The molecule has 0 saturated carbocycles. The second-order valence-corrected chi connectivity index (χ2v) is 5.89. The molecule has 0 radical (unpaired) electrons. The number of amides is 1. The fourth-order valence-corrected chi connectivity index (χ4v) is 2.27. The number of hydrogen-bond acceptors (Lipinski definition) is 6. The van der Waals surface area contributed by atoms with Gasteiger partial charge in [-0.15, -0.1) is 0 Å². The van der Waals surface area contributed by atoms with Crippen molar-refractivity contribution in [2.75, 3.05) is 19.8 Å². The Hall–Kier alpha value is -3.55. The molecule has 0 atom stereocenters. The fraction of sp³-hybridized carbons (Fsp3) is 0.286. The van der Waals surface area contributed by atoms with Gasteiger partial charge in [-0.05, 0) is 61.4 Å². The summed E-state index contributed by atoms with van der Waals surface area (Å²) in [5.41, 5.74) is 3.57. The minimum Gasteiger partial charge on any atom is -0.490 e. The molecule has 8 nitrogen and oxygen atoms in total. The highest BCUT2D eigenvalue weighted by atomic mass is 16.5. The van der Waals surface area contributed by atoms with Crippen LogP contribution in [0.2, 0.25) is 0 Å². The molecular formula is C21H24N2O6. The van der Waals surface area contributed by atoms with Crippen LogP contribution in [0.15, 0.2) is 47.6 Å². The van der Waals surface area contributed by atoms with Gasteiger partial charge in [-0.1, -0.05) is 6.92 Å². The normalized spacial score (nSPS) is 10.6. The van der Waals surface area contributed by atoms with Crippen molar-refractivity contribution in [3.63, 3.8) is 0 Å². The van der Waals surface area contributed by atoms with Gasteiger partial charge in [0.15, 0.2) is 18.1 Å². The summed E-state index contributed by atoms with van der Waals surface area (Å²) in [5, 5.41) is 12.5. The van der Waals surface area contributed by atoms with Crippen molar-refractivity contribution in [3.8, 4) is 17.2 Å². The molecule has 0 aliphatic carbocycles. The number of carbonyl (C=O) groups is 2. The number of carbonyl (C=O) groups excluding carboxylic acids is 1. The highest BCUT2D eigenvalue weighted by Gasteiger charge is 2.11. The van der Waals surface area contributed by atoms with Crippen molar-refractivity contribution in [2.45, 2.75) is 20.3 Å². The number of rotatable bonds is 11. The van der Waals surface area contributed by atoms with E-state index in [-0.39, 0.29) is 5.91 Å². The van der Waals surface area contributed by atoms with Crippen molar-refractivity contribution in [2.24, 2.45) is 5.10 Å². The van der Waals surface area contributed by atoms with Gasteiger partial charge in [0.2, 0.25) is 0 Å². The van der Waals surface area contributed by atoms with Crippen LogP contribution >= 0.6 is 0 Å². The standard InChI is InChI=1S/C21H24N2O6/c1-3-11-28-18-10-7-16(12-19(18)27-4-2)21(26)23-22-13-15-5-8-17(9-6-15)29-14-20(24)25/h5-10,12-13H,3-4,11,14H2,1-2H3,(H,23,26)(H,24,25)/b22-13+. The molecule has 0 spiro atoms. The van der Waals surface area contributed by atoms with Gasteiger partial charge in [-0.25, -0.2) is 10.2 Å². The van der Waals surface area contributed by atoms with E-state index in [0.717, 1.165) is 6.42 Å². The van der Waals surface area contributed by atoms with Crippen LogP contribution in [0, 0.1) is 0 Å². The summed E-state index contributed by atoms with van der Waals surface area (Å²) in [5.74, 6) is 0.109. The molecular weight excluding hydrogens is 376 g/mol. The molecule has 0 fully saturated rings. The Labute approximate surface area is 169 Å². The topological polar surface area (TPSA) is 106 Å². The van der Waals surface area contributed by atoms with Crippen molar-refractivity contribution in [1.29, 1.82) is 0 Å². The average Bonchev–Trinajstić information content (AvgIpc) is 2.72. The lowest BCUT2D eigenvalue weighted by atomic mass is 10.2. The molecule has 154 valence electrons. The SMILES string of the molecule is CCCOc1ccc(C(=O)N/N=C/c2ccc(OCC(=O)O)cc2)cc1OCC. The van der Waals surface area contributed by atoms with Gasteiger partial charge >= 0.3 is 5.97 Å². The number of carboxylic acid groups (broad SMARTS) is 1. The second kappa shape index (κ2) is 11.3. The lowest BCUT2D eigenvalue weighted by Crippen LogP contribution is -2.17. The molecule has 8 heteroatoms. The van der Waals surface area contributed by atoms with Crippen molar-refractivity contribution >= 4 is 18.1 Å². The zero-order valence-electron chi connectivity index (χ0n) is 16.4. The van der Waals surface area contributed by atoms with E-state index < -0.39 is 12.6 Å². The third-order valence-electron chi connectivity index (χ3n) is 3.59. The average molecular weight is 400 g/mol. The van der Waals surface area contributed by atoms with E-state index >= 15 is 0 Å². The van der Waals surface area contributed by atoms with Crippen LogP contribution in [0.5, 0.6) is 17.2 Å². The molecule has 2 rings (SSSR count). The Morgan fingerprint density at radius 3 is 2.45 bits per heavy atom. The first-order chi connectivity index (χ1) is 14.0. The summed E-state index contributed by atoms with van der Waals surface area (Å²) in [7, 11) is 0. The van der Waals surface area contributed by atoms with Crippen LogP contribution in [-0.2, 0) is 4.79 Å². The molecule has 0 aromatic heterocycles. The predicted octanol–water partition coefficient (Wildman–Crippen LogP) is 3.10. The number of nitrogens with zero attached hydrogens (tertiary/aromatic N) is 1. The number of ether oxygens (including phenoxy) is 3. The number of nitrogens with one attached hydrogen (secondary N) is 1. The van der Waals surface area contributed by atoms with Crippen LogP contribution in [0.25, 0.3) is 0 Å². The maximum absolute atomic E-state index is 12.3. The Bertz CT molecular complexity index is 849. The predicted molar refractivity (Wildman–Crippen MR) is 108 cm³/mol. The minimum absolute atomic E-state index is 0.384. The first kappa shape index (κ1) is 21.7. The molecule has 0 bridgehead atoms. The number of hydrazone groups is 1. The van der Waals surface area contributed by atoms with Crippen LogP contribution in [0.1, 0.15) is 36.2 Å². The van der Waals surface area contributed by atoms with Gasteiger partial charge in [-0.2, -0.15) is 5.10 Å². The maximum Gasteiger partial charge on any atom is 0.341 e. The Morgan fingerprint density at radius 1 is 1.03 bits per heavy atom. The summed E-state index contributed by atoms with van der Waals surface area (Å²) in [4.78, 5) is 22.8. The third kappa shape index (κ3) is 7.17. The third-order valence-corrected chi connectivity index (χ3v) is 3.59. The fourth-order valence-electron chi connectivity index (χ4n) is 2.27. The van der Waals surface area contributed by atoms with Crippen molar-refractivity contribution in [1.82, 2.24) is 5.43 Å². The highest BCUT2D eigenvalue weighted by molar-refractivity contribution is 5.95. The van der Waals surface area contributed by atoms with Crippen LogP contribution in [0.4, 0.5) is 0 Å². The number of carboxylic acids is 1. The Balaban J connectivity index is 1.97. The Morgan fingerprint density at radius 2 is 1.79 bits per heavy atom. The van der Waals surface area contributed by atoms with E-state index in [4.69, 9.17) is 19.3 Å². The van der Waals surface area contributed by atoms with Gasteiger partial charge < -0.3 is 19.3 Å². The first-order valence-corrected chi connectivity index (χ1v) is 9.21. The lowest BCUT2D eigenvalue weighted by Gasteiger charge is -2.12. The van der Waals surface area contributed by atoms with E-state index in [1.54, 1.807) is 42.5 Å². The highest BCUT2D eigenvalue weighted by Crippen LogP contribution is 2.28. The molecule has 2 aromatic carbocycles. The minimum atomic E-state index is -1.05. The van der Waals surface area contributed by atoms with Gasteiger partial charge in [-0.3, -0.25) is 4.79 Å². The van der Waals surface area contributed by atoms with Crippen LogP contribution < -0.4 is 19.6 Å². The summed E-state index contributed by atoms with van der Waals surface area (Å²) in [6, 6.07) is 11.6. The zero-order chi connectivity index (χ0) is 21.1. The molecule has 29 heavy (non-hydrogen) atoms. The maximum atomic E-state index is 12.3. The van der Waals surface area contributed by atoms with Gasteiger partial charge in [0.05, 0.1) is 19.4 Å². The lowest BCUT2D eigenvalue weighted by molar-refractivity contribution is -0.139. The molecule has 0 saturated heterocycles. The molecule has 2 N–H and O–H groups in total. The summed E-state index contributed by atoms with van der Waals surface area (Å²) in [6.45, 7) is 4.48. The van der Waals surface area contributed by atoms with Gasteiger partial charge in [0.1, 0.15) is 5.75 Å². The van der Waals surface area contributed by atoms with E-state index in [9.17, 15) is 9.59 Å². The molecule has 0 unspecified atom stereocenters. The van der Waals surface area contributed by atoms with Crippen LogP contribution in [0.3, 0.4) is 0 Å². The Kier molecular flexibility index (Phi) is 8.50. The number of aliphatic carboxylic acids is 1. The smallest absolute Gasteiger partial charge is 0.341 e. The van der Waals surface area contributed by atoms with E-state index in [1.807, 2.05) is 13.8 Å². The number of benzene rings is 2. The van der Waals surface area contributed by atoms with Gasteiger partial charge in [0, 0.05) is 5.56 Å². The monoisotopic (exact) mass is 400 g/mol. The summed E-state index contributed by atoms with van der Waals surface area (Å²) >= 11 is 0. The second-order valence-electron chi connectivity index (χ2n) is 5.89. The number of hydrogen-bond donors (Lipinski definition) is 2. The van der Waals surface area contributed by atoms with E-state index in [2.05, 4.69) is 10.5 Å². The molecule has 2 aromatic rings. The molecule has 0 aliphatic heterocycles. The largest absolute Gasteiger partial charge is 0.490 e. The first-order valence-electron chi connectivity index (χ1n) is 9.21.